The summed E-state index contributed by atoms with van der Waals surface area (Å²) in [5, 5.41) is 6.63. The van der Waals surface area contributed by atoms with Crippen LogP contribution >= 0.6 is 0 Å². The molecule has 166 valence electrons. The molecule has 0 spiro atoms. The van der Waals surface area contributed by atoms with Gasteiger partial charge in [0, 0.05) is 40.7 Å². The molecule has 3 aromatic rings. The monoisotopic (exact) mass is 434 g/mol. The van der Waals surface area contributed by atoms with E-state index in [-0.39, 0.29) is 30.7 Å². The summed E-state index contributed by atoms with van der Waals surface area (Å²) >= 11 is 0. The van der Waals surface area contributed by atoms with Crippen molar-refractivity contribution in [3.63, 3.8) is 0 Å². The van der Waals surface area contributed by atoms with Gasteiger partial charge in [0.05, 0.1) is 7.11 Å². The zero-order chi connectivity index (χ0) is 22.8. The van der Waals surface area contributed by atoms with E-state index in [9.17, 15) is 14.4 Å². The lowest BCUT2D eigenvalue weighted by Gasteiger charge is -2.12. The minimum Gasteiger partial charge on any atom is -0.497 e. The van der Waals surface area contributed by atoms with Crippen LogP contribution in [0.15, 0.2) is 45.6 Å². The fourth-order valence-electron chi connectivity index (χ4n) is 3.64. The Morgan fingerprint density at radius 3 is 2.62 bits per heavy atom. The van der Waals surface area contributed by atoms with Crippen LogP contribution in [0.4, 0.5) is 5.69 Å². The number of nitrogens with one attached hydrogen (secondary N) is 2. The van der Waals surface area contributed by atoms with E-state index in [4.69, 9.17) is 9.15 Å². The van der Waals surface area contributed by atoms with Crippen LogP contribution in [0.5, 0.6) is 5.75 Å². The summed E-state index contributed by atoms with van der Waals surface area (Å²) in [7, 11) is 1.55. The predicted molar refractivity (Wildman–Crippen MR) is 122 cm³/mol. The Bertz CT molecular complexity index is 1260. The molecule has 0 bridgehead atoms. The molecule has 1 fully saturated rings. The number of aryl methyl sites for hydroxylation is 2. The van der Waals surface area contributed by atoms with Gasteiger partial charge in [0.2, 0.25) is 5.91 Å². The van der Waals surface area contributed by atoms with Gasteiger partial charge in [-0.25, -0.2) is 4.79 Å². The molecule has 2 N–H and O–H groups in total. The van der Waals surface area contributed by atoms with Crippen molar-refractivity contribution in [3.05, 3.63) is 69.1 Å². The highest BCUT2D eigenvalue weighted by molar-refractivity contribution is 5.98. The molecule has 0 radical (unpaired) electrons. The molecule has 0 atom stereocenters. The molecule has 0 aliphatic heterocycles. The lowest BCUT2D eigenvalue weighted by atomic mass is 10.0. The van der Waals surface area contributed by atoms with E-state index in [2.05, 4.69) is 10.6 Å². The molecule has 2 amide bonds. The Morgan fingerprint density at radius 1 is 1.12 bits per heavy atom. The van der Waals surface area contributed by atoms with Gasteiger partial charge in [-0.2, -0.15) is 0 Å². The fraction of sp³-hybridized carbons (Fsp3) is 0.320. The lowest BCUT2D eigenvalue weighted by molar-refractivity contribution is -0.116. The van der Waals surface area contributed by atoms with Gasteiger partial charge in [0.1, 0.15) is 11.3 Å². The van der Waals surface area contributed by atoms with Crippen LogP contribution in [-0.2, 0) is 11.2 Å². The highest BCUT2D eigenvalue weighted by Crippen LogP contribution is 2.25. The molecule has 1 heterocycles. The van der Waals surface area contributed by atoms with E-state index in [1.54, 1.807) is 31.4 Å². The SMILES string of the molecule is COc1ccc2c(C)c(CCC(=O)Nc3cc(C(=O)NC4CC4)ccc3C)c(=O)oc2c1. The Hall–Kier alpha value is -3.61. The molecule has 0 saturated heterocycles. The van der Waals surface area contributed by atoms with Gasteiger partial charge in [-0.05, 0) is 68.5 Å². The molecule has 0 unspecified atom stereocenters. The third-order valence-electron chi connectivity index (χ3n) is 5.78. The molecular formula is C25H26N2O5. The summed E-state index contributed by atoms with van der Waals surface area (Å²) in [6.07, 6.45) is 2.39. The van der Waals surface area contributed by atoms with Crippen LogP contribution in [-0.4, -0.2) is 25.0 Å². The van der Waals surface area contributed by atoms with Crippen LogP contribution in [0.25, 0.3) is 11.0 Å². The van der Waals surface area contributed by atoms with E-state index in [0.717, 1.165) is 29.4 Å². The standard InChI is InChI=1S/C25H26N2O5/c1-14-4-5-16(24(29)26-17-6-7-17)12-21(14)27-23(28)11-10-20-15(2)19-9-8-18(31-3)13-22(19)32-25(20)30/h4-5,8-9,12-13,17H,6-7,10-11H2,1-3H3,(H,26,29)(H,27,28). The van der Waals surface area contributed by atoms with Crippen molar-refractivity contribution in [3.8, 4) is 5.75 Å². The maximum atomic E-state index is 12.6. The van der Waals surface area contributed by atoms with Crippen molar-refractivity contribution in [2.24, 2.45) is 0 Å². The highest BCUT2D eigenvalue weighted by Gasteiger charge is 2.24. The van der Waals surface area contributed by atoms with Gasteiger partial charge in [-0.3, -0.25) is 9.59 Å². The number of fused-ring (bicyclic) bond motifs is 1. The molecule has 32 heavy (non-hydrogen) atoms. The van der Waals surface area contributed by atoms with Gasteiger partial charge in [-0.15, -0.1) is 0 Å². The highest BCUT2D eigenvalue weighted by atomic mass is 16.5. The van der Waals surface area contributed by atoms with Gasteiger partial charge in [0.25, 0.3) is 5.91 Å². The number of benzene rings is 2. The molecule has 1 aliphatic rings. The van der Waals surface area contributed by atoms with Crippen LogP contribution < -0.4 is 21.0 Å². The maximum absolute atomic E-state index is 12.6. The summed E-state index contributed by atoms with van der Waals surface area (Å²) in [4.78, 5) is 37.4. The first-order chi connectivity index (χ1) is 15.4. The predicted octanol–water partition coefficient (Wildman–Crippen LogP) is 3.88. The minimum absolute atomic E-state index is 0.116. The number of methoxy groups -OCH3 is 1. The first-order valence-corrected chi connectivity index (χ1v) is 10.7. The summed E-state index contributed by atoms with van der Waals surface area (Å²) in [6, 6.07) is 10.8. The molecule has 1 aliphatic carbocycles. The van der Waals surface area contributed by atoms with Crippen molar-refractivity contribution in [2.75, 3.05) is 12.4 Å². The van der Waals surface area contributed by atoms with Crippen LogP contribution in [0, 0.1) is 13.8 Å². The van der Waals surface area contributed by atoms with E-state index in [1.165, 1.54) is 0 Å². The van der Waals surface area contributed by atoms with Crippen molar-refractivity contribution in [1.82, 2.24) is 5.32 Å². The number of hydrogen-bond acceptors (Lipinski definition) is 5. The third kappa shape index (κ3) is 4.66. The number of hydrogen-bond donors (Lipinski definition) is 2. The van der Waals surface area contributed by atoms with Gasteiger partial charge >= 0.3 is 5.63 Å². The quantitative estimate of drug-likeness (QED) is 0.550. The zero-order valence-corrected chi connectivity index (χ0v) is 18.4. The number of rotatable bonds is 7. The van der Waals surface area contributed by atoms with Crippen LogP contribution in [0.1, 0.15) is 46.3 Å². The Balaban J connectivity index is 1.46. The largest absolute Gasteiger partial charge is 0.497 e. The van der Waals surface area contributed by atoms with Crippen LogP contribution in [0.3, 0.4) is 0 Å². The minimum atomic E-state index is -0.453. The first-order valence-electron chi connectivity index (χ1n) is 10.7. The molecule has 4 rings (SSSR count). The molecular weight excluding hydrogens is 408 g/mol. The molecule has 7 heteroatoms. The molecule has 7 nitrogen and oxygen atoms in total. The maximum Gasteiger partial charge on any atom is 0.339 e. The third-order valence-corrected chi connectivity index (χ3v) is 5.78. The van der Waals surface area contributed by atoms with Crippen molar-refractivity contribution < 1.29 is 18.7 Å². The summed E-state index contributed by atoms with van der Waals surface area (Å²) in [5.74, 6) is 0.237. The average Bonchev–Trinajstić information content (AvgIpc) is 3.58. The van der Waals surface area contributed by atoms with E-state index in [0.29, 0.717) is 28.1 Å². The Labute approximate surface area is 185 Å². The van der Waals surface area contributed by atoms with Gasteiger partial charge in [-0.1, -0.05) is 6.07 Å². The number of carbonyl (C=O) groups excluding carboxylic acids is 2. The number of anilines is 1. The second-order valence-electron chi connectivity index (χ2n) is 8.18. The summed E-state index contributed by atoms with van der Waals surface area (Å²) < 4.78 is 10.6. The lowest BCUT2D eigenvalue weighted by Crippen LogP contribution is -2.25. The topological polar surface area (TPSA) is 97.6 Å². The Kier molecular flexibility index (Phi) is 5.99. The van der Waals surface area contributed by atoms with Crippen molar-refractivity contribution in [2.45, 2.75) is 45.6 Å². The smallest absolute Gasteiger partial charge is 0.339 e. The fourth-order valence-corrected chi connectivity index (χ4v) is 3.64. The average molecular weight is 434 g/mol. The summed E-state index contributed by atoms with van der Waals surface area (Å²) in [5.41, 5.74) is 3.24. The van der Waals surface area contributed by atoms with Crippen molar-refractivity contribution >= 4 is 28.5 Å². The van der Waals surface area contributed by atoms with E-state index >= 15 is 0 Å². The molecule has 1 saturated carbocycles. The van der Waals surface area contributed by atoms with E-state index in [1.807, 2.05) is 26.0 Å². The van der Waals surface area contributed by atoms with Gasteiger partial charge in [0.15, 0.2) is 0 Å². The van der Waals surface area contributed by atoms with Crippen molar-refractivity contribution in [1.29, 1.82) is 0 Å². The van der Waals surface area contributed by atoms with Gasteiger partial charge < -0.3 is 19.8 Å². The first kappa shape index (κ1) is 21.6. The zero-order valence-electron chi connectivity index (χ0n) is 18.4. The normalized spacial score (nSPS) is 13.1. The molecule has 2 aromatic carbocycles. The Morgan fingerprint density at radius 2 is 1.91 bits per heavy atom. The number of ether oxygens (including phenoxy) is 1. The molecule has 1 aromatic heterocycles. The number of carbonyl (C=O) groups is 2. The second kappa shape index (κ2) is 8.86. The summed E-state index contributed by atoms with van der Waals surface area (Å²) in [6.45, 7) is 3.72. The number of amides is 2. The second-order valence-corrected chi connectivity index (χ2v) is 8.18. The van der Waals surface area contributed by atoms with E-state index < -0.39 is 5.63 Å². The van der Waals surface area contributed by atoms with Crippen LogP contribution in [0.2, 0.25) is 0 Å².